The van der Waals surface area contributed by atoms with Gasteiger partial charge in [-0.25, -0.2) is 4.39 Å². The fourth-order valence-electron chi connectivity index (χ4n) is 2.02. The largest absolute Gasteiger partial charge is 0.354 e. The summed E-state index contributed by atoms with van der Waals surface area (Å²) in [7, 11) is -4.60. The molecule has 1 aromatic heterocycles. The third-order valence-electron chi connectivity index (χ3n) is 3.05. The highest BCUT2D eigenvalue weighted by Gasteiger charge is 2.33. The van der Waals surface area contributed by atoms with Crippen LogP contribution in [0.1, 0.15) is 22.3 Å². The number of halogens is 1. The maximum Gasteiger partial charge on any atom is 0.334 e. The van der Waals surface area contributed by atoms with Gasteiger partial charge in [-0.15, -0.1) is 0 Å². The molecule has 1 unspecified atom stereocenters. The van der Waals surface area contributed by atoms with E-state index < -0.39 is 38.2 Å². The summed E-state index contributed by atoms with van der Waals surface area (Å²) in [6.45, 7) is 1.34. The molecule has 22 heavy (non-hydrogen) atoms. The second-order valence-electron chi connectivity index (χ2n) is 4.56. The van der Waals surface area contributed by atoms with Gasteiger partial charge in [-0.1, -0.05) is 17.3 Å². The predicted molar refractivity (Wildman–Crippen MR) is 72.3 cm³/mol. The number of nitrogens with zero attached hydrogens (tertiary/aromatic N) is 2. The monoisotopic (exact) mass is 330 g/mol. The smallest absolute Gasteiger partial charge is 0.334 e. The fraction of sp³-hybridized carbons (Fsp3) is 0.250. The zero-order chi connectivity index (χ0) is 16.5. The molecule has 2 rings (SSSR count). The van der Waals surface area contributed by atoms with Crippen LogP contribution in [0, 0.1) is 22.9 Å². The number of rotatable bonds is 5. The lowest BCUT2D eigenvalue weighted by atomic mass is 10.1. The molecular weight excluding hydrogens is 319 g/mol. The standard InChI is InChI=1S/C12H11FN2O6S/c1-7-12(15(16)17)10(21-14-7)6-11(22(18,19)20)8-2-4-9(13)5-3-8/h2-5,11H,6H2,1H3,(H,18,19,20). The third kappa shape index (κ3) is 3.28. The molecule has 0 aliphatic rings. The highest BCUT2D eigenvalue weighted by Crippen LogP contribution is 2.31. The zero-order valence-electron chi connectivity index (χ0n) is 11.3. The molecule has 1 atom stereocenters. The first kappa shape index (κ1) is 16.0. The van der Waals surface area contributed by atoms with Crippen LogP contribution in [-0.4, -0.2) is 23.1 Å². The van der Waals surface area contributed by atoms with E-state index in [1.54, 1.807) is 0 Å². The zero-order valence-corrected chi connectivity index (χ0v) is 12.1. The van der Waals surface area contributed by atoms with E-state index >= 15 is 0 Å². The van der Waals surface area contributed by atoms with Crippen molar-refractivity contribution in [1.82, 2.24) is 5.16 Å². The van der Waals surface area contributed by atoms with Gasteiger partial charge in [0, 0.05) is 6.42 Å². The average Bonchev–Trinajstić information content (AvgIpc) is 2.77. The van der Waals surface area contributed by atoms with Crippen molar-refractivity contribution in [2.75, 3.05) is 0 Å². The van der Waals surface area contributed by atoms with E-state index in [1.165, 1.54) is 19.1 Å². The van der Waals surface area contributed by atoms with Crippen molar-refractivity contribution in [2.24, 2.45) is 0 Å². The summed E-state index contributed by atoms with van der Waals surface area (Å²) in [5, 5.41) is 12.9. The number of hydrogen-bond donors (Lipinski definition) is 1. The van der Waals surface area contributed by atoms with Gasteiger partial charge in [-0.05, 0) is 24.6 Å². The van der Waals surface area contributed by atoms with Gasteiger partial charge in [0.2, 0.25) is 5.76 Å². The summed E-state index contributed by atoms with van der Waals surface area (Å²) in [6, 6.07) is 4.38. The molecule has 0 saturated heterocycles. The molecule has 0 aliphatic heterocycles. The van der Waals surface area contributed by atoms with Gasteiger partial charge in [0.1, 0.15) is 11.1 Å². The molecular formula is C12H11FN2O6S. The van der Waals surface area contributed by atoms with Crippen LogP contribution in [-0.2, 0) is 16.5 Å². The van der Waals surface area contributed by atoms with Gasteiger partial charge < -0.3 is 4.52 Å². The van der Waals surface area contributed by atoms with Crippen molar-refractivity contribution in [3.05, 3.63) is 57.2 Å². The minimum absolute atomic E-state index is 0.00630. The van der Waals surface area contributed by atoms with E-state index in [1.807, 2.05) is 0 Å². The number of aromatic nitrogens is 1. The van der Waals surface area contributed by atoms with E-state index in [0.29, 0.717) is 0 Å². The van der Waals surface area contributed by atoms with Crippen molar-refractivity contribution < 1.29 is 26.8 Å². The highest BCUT2D eigenvalue weighted by atomic mass is 32.2. The van der Waals surface area contributed by atoms with E-state index in [9.17, 15) is 27.5 Å². The number of aryl methyl sites for hydroxylation is 1. The first-order chi connectivity index (χ1) is 10.2. The molecule has 2 aromatic rings. The van der Waals surface area contributed by atoms with Crippen molar-refractivity contribution in [2.45, 2.75) is 18.6 Å². The van der Waals surface area contributed by atoms with Gasteiger partial charge in [0.25, 0.3) is 10.1 Å². The quantitative estimate of drug-likeness (QED) is 0.506. The Morgan fingerprint density at radius 2 is 2.00 bits per heavy atom. The van der Waals surface area contributed by atoms with Crippen LogP contribution in [0.5, 0.6) is 0 Å². The Bertz CT molecular complexity index is 800. The van der Waals surface area contributed by atoms with E-state index in [2.05, 4.69) is 5.16 Å². The predicted octanol–water partition coefficient (Wildman–Crippen LogP) is 2.20. The van der Waals surface area contributed by atoms with Crippen LogP contribution in [0.3, 0.4) is 0 Å². The molecule has 0 radical (unpaired) electrons. The molecule has 0 aliphatic carbocycles. The van der Waals surface area contributed by atoms with Crippen LogP contribution in [0.4, 0.5) is 10.1 Å². The number of hydrogen-bond acceptors (Lipinski definition) is 6. The molecule has 1 aromatic carbocycles. The third-order valence-corrected chi connectivity index (χ3v) is 4.21. The minimum atomic E-state index is -4.60. The summed E-state index contributed by atoms with van der Waals surface area (Å²) in [5.41, 5.74) is -0.379. The summed E-state index contributed by atoms with van der Waals surface area (Å²) >= 11 is 0. The van der Waals surface area contributed by atoms with Gasteiger partial charge in [-0.2, -0.15) is 8.42 Å². The minimum Gasteiger partial charge on any atom is -0.354 e. The summed E-state index contributed by atoms with van der Waals surface area (Å²) < 4.78 is 50.1. The molecule has 1 N–H and O–H groups in total. The molecule has 0 spiro atoms. The van der Waals surface area contributed by atoms with E-state index in [4.69, 9.17) is 4.52 Å². The van der Waals surface area contributed by atoms with Gasteiger partial charge in [0.15, 0.2) is 5.69 Å². The van der Waals surface area contributed by atoms with Crippen molar-refractivity contribution in [1.29, 1.82) is 0 Å². The molecule has 0 fully saturated rings. The summed E-state index contributed by atoms with van der Waals surface area (Å²) in [4.78, 5) is 10.2. The maximum absolute atomic E-state index is 12.9. The Hall–Kier alpha value is -2.33. The molecule has 8 nitrogen and oxygen atoms in total. The lowest BCUT2D eigenvalue weighted by molar-refractivity contribution is -0.386. The molecule has 118 valence electrons. The Balaban J connectivity index is 2.45. The Labute approximate surface area is 124 Å². The lowest BCUT2D eigenvalue weighted by Gasteiger charge is -2.12. The van der Waals surface area contributed by atoms with Crippen LogP contribution >= 0.6 is 0 Å². The van der Waals surface area contributed by atoms with E-state index in [0.717, 1.165) is 12.1 Å². The molecule has 0 saturated carbocycles. The van der Waals surface area contributed by atoms with Crippen LogP contribution in [0.2, 0.25) is 0 Å². The average molecular weight is 330 g/mol. The number of nitro groups is 1. The van der Waals surface area contributed by atoms with E-state index in [-0.39, 0.29) is 17.0 Å². The fourth-order valence-corrected chi connectivity index (χ4v) is 2.88. The normalized spacial score (nSPS) is 13.0. The second-order valence-corrected chi connectivity index (χ2v) is 6.16. The molecule has 1 heterocycles. The molecule has 0 bridgehead atoms. The highest BCUT2D eigenvalue weighted by molar-refractivity contribution is 7.86. The van der Waals surface area contributed by atoms with Crippen molar-refractivity contribution >= 4 is 15.8 Å². The van der Waals surface area contributed by atoms with Crippen LogP contribution in [0.15, 0.2) is 28.8 Å². The van der Waals surface area contributed by atoms with Gasteiger partial charge >= 0.3 is 5.69 Å². The summed E-state index contributed by atoms with van der Waals surface area (Å²) in [6.07, 6.45) is -0.498. The van der Waals surface area contributed by atoms with Gasteiger partial charge in [0.05, 0.1) is 4.92 Å². The second kappa shape index (κ2) is 5.81. The maximum atomic E-state index is 12.9. The van der Waals surface area contributed by atoms with Crippen molar-refractivity contribution in [3.63, 3.8) is 0 Å². The van der Waals surface area contributed by atoms with Crippen LogP contribution in [0.25, 0.3) is 0 Å². The first-order valence-corrected chi connectivity index (χ1v) is 7.51. The van der Waals surface area contributed by atoms with Crippen molar-refractivity contribution in [3.8, 4) is 0 Å². The number of benzene rings is 1. The first-order valence-electron chi connectivity index (χ1n) is 6.01. The molecule has 10 heteroatoms. The SMILES string of the molecule is Cc1noc(CC(c2ccc(F)cc2)S(=O)(=O)O)c1[N+](=O)[O-]. The Morgan fingerprint density at radius 3 is 2.50 bits per heavy atom. The summed E-state index contributed by atoms with van der Waals surface area (Å²) in [5.74, 6) is -0.867. The van der Waals surface area contributed by atoms with Crippen LogP contribution < -0.4 is 0 Å². The topological polar surface area (TPSA) is 124 Å². The Morgan fingerprint density at radius 1 is 1.41 bits per heavy atom. The Kier molecular flexibility index (Phi) is 4.24. The molecule has 0 amide bonds. The lowest BCUT2D eigenvalue weighted by Crippen LogP contribution is -2.15. The van der Waals surface area contributed by atoms with Gasteiger partial charge in [-0.3, -0.25) is 14.7 Å².